The van der Waals surface area contributed by atoms with Gasteiger partial charge in [-0.1, -0.05) is 0 Å². The second-order valence-corrected chi connectivity index (χ2v) is 6.16. The molecule has 0 amide bonds. The van der Waals surface area contributed by atoms with Crippen molar-refractivity contribution in [2.24, 2.45) is 0 Å². The van der Waals surface area contributed by atoms with Gasteiger partial charge >= 0.3 is 0 Å². The predicted molar refractivity (Wildman–Crippen MR) is 92.6 cm³/mol. The van der Waals surface area contributed by atoms with Crippen LogP contribution < -0.4 is 0 Å². The van der Waals surface area contributed by atoms with E-state index in [4.69, 9.17) is 4.98 Å². The van der Waals surface area contributed by atoms with Crippen LogP contribution >= 0.6 is 11.3 Å². The summed E-state index contributed by atoms with van der Waals surface area (Å²) in [4.78, 5) is 17.5. The third-order valence-corrected chi connectivity index (χ3v) is 4.73. The van der Waals surface area contributed by atoms with Crippen LogP contribution in [0.3, 0.4) is 0 Å². The molecular weight excluding hydrogens is 320 g/mol. The highest BCUT2D eigenvalue weighted by Gasteiger charge is 2.11. The Morgan fingerprint density at radius 1 is 0.958 bits per heavy atom. The monoisotopic (exact) mass is 330 g/mol. The van der Waals surface area contributed by atoms with Crippen LogP contribution in [-0.2, 0) is 0 Å². The Kier molecular flexibility index (Phi) is 2.86. The van der Waals surface area contributed by atoms with Gasteiger partial charge in [-0.25, -0.2) is 24.5 Å². The van der Waals surface area contributed by atoms with Gasteiger partial charge in [0.15, 0.2) is 11.5 Å². The molecule has 0 aromatic carbocycles. The summed E-state index contributed by atoms with van der Waals surface area (Å²) in [6.07, 6.45) is 6.97. The summed E-state index contributed by atoms with van der Waals surface area (Å²) < 4.78 is 2.89. The Balaban J connectivity index is 1.71. The quantitative estimate of drug-likeness (QED) is 0.496. The zero-order valence-electron chi connectivity index (χ0n) is 12.4. The van der Waals surface area contributed by atoms with E-state index in [1.54, 1.807) is 40.6 Å². The van der Waals surface area contributed by atoms with Gasteiger partial charge in [0.2, 0.25) is 0 Å². The van der Waals surface area contributed by atoms with Crippen LogP contribution in [-0.4, -0.2) is 29.5 Å². The highest BCUT2D eigenvalue weighted by Crippen LogP contribution is 2.33. The average Bonchev–Trinajstić information content (AvgIpc) is 3.27. The van der Waals surface area contributed by atoms with E-state index in [9.17, 15) is 0 Å². The summed E-state index contributed by atoms with van der Waals surface area (Å²) in [7, 11) is 0. The normalized spacial score (nSPS) is 11.3. The molecule has 0 aliphatic carbocycles. The Morgan fingerprint density at radius 2 is 1.88 bits per heavy atom. The van der Waals surface area contributed by atoms with E-state index in [-0.39, 0.29) is 0 Å². The molecule has 0 N–H and O–H groups in total. The highest BCUT2D eigenvalue weighted by molar-refractivity contribution is 7.17. The number of fused-ring (bicyclic) bond motifs is 2. The maximum atomic E-state index is 4.79. The van der Waals surface area contributed by atoms with E-state index in [1.807, 2.05) is 24.4 Å². The fourth-order valence-corrected chi connectivity index (χ4v) is 3.56. The molecule has 6 nitrogen and oxygen atoms in total. The maximum absolute atomic E-state index is 4.79. The van der Waals surface area contributed by atoms with Crippen LogP contribution in [0.1, 0.15) is 0 Å². The molecule has 0 aliphatic rings. The first kappa shape index (κ1) is 13.3. The van der Waals surface area contributed by atoms with Crippen LogP contribution in [0.4, 0.5) is 0 Å². The van der Waals surface area contributed by atoms with Crippen LogP contribution in [0, 0.1) is 0 Å². The lowest BCUT2D eigenvalue weighted by atomic mass is 10.1. The van der Waals surface area contributed by atoms with Gasteiger partial charge in [0.1, 0.15) is 12.0 Å². The lowest BCUT2D eigenvalue weighted by molar-refractivity contribution is 0.963. The molecule has 0 unspecified atom stereocenters. The van der Waals surface area contributed by atoms with E-state index >= 15 is 0 Å². The van der Waals surface area contributed by atoms with Crippen LogP contribution in [0.25, 0.3) is 38.5 Å². The third-order valence-electron chi connectivity index (χ3n) is 3.80. The van der Waals surface area contributed by atoms with Crippen molar-refractivity contribution >= 4 is 27.2 Å². The zero-order chi connectivity index (χ0) is 15.9. The summed E-state index contributed by atoms with van der Waals surface area (Å²) in [6, 6.07) is 9.81. The lowest BCUT2D eigenvalue weighted by Gasteiger charge is -2.02. The third kappa shape index (κ3) is 2.06. The minimum Gasteiger partial charge on any atom is -0.243 e. The van der Waals surface area contributed by atoms with Crippen molar-refractivity contribution in [1.82, 2.24) is 29.5 Å². The zero-order valence-corrected chi connectivity index (χ0v) is 13.2. The molecule has 5 heterocycles. The molecule has 0 saturated heterocycles. The lowest BCUT2D eigenvalue weighted by Crippen LogP contribution is -1.91. The van der Waals surface area contributed by atoms with Gasteiger partial charge in [-0.05, 0) is 30.3 Å². The van der Waals surface area contributed by atoms with Crippen LogP contribution in [0.15, 0.2) is 60.6 Å². The molecule has 5 aromatic rings. The number of rotatable bonds is 2. The second-order valence-electron chi connectivity index (χ2n) is 5.25. The van der Waals surface area contributed by atoms with Crippen molar-refractivity contribution in [2.75, 3.05) is 0 Å². The van der Waals surface area contributed by atoms with E-state index in [0.717, 1.165) is 32.7 Å². The molecule has 24 heavy (non-hydrogen) atoms. The Morgan fingerprint density at radius 3 is 2.79 bits per heavy atom. The van der Waals surface area contributed by atoms with Gasteiger partial charge in [0.25, 0.3) is 0 Å². The van der Waals surface area contributed by atoms with E-state index in [1.165, 1.54) is 0 Å². The van der Waals surface area contributed by atoms with E-state index < -0.39 is 0 Å². The molecule has 0 atom stereocenters. The number of hydrogen-bond donors (Lipinski definition) is 0. The molecule has 114 valence electrons. The Hall–Kier alpha value is -3.19. The molecule has 5 rings (SSSR count). The summed E-state index contributed by atoms with van der Waals surface area (Å²) >= 11 is 1.67. The summed E-state index contributed by atoms with van der Waals surface area (Å²) in [5.41, 5.74) is 4.67. The number of nitrogens with zero attached hydrogens (tertiary/aromatic N) is 6. The highest BCUT2D eigenvalue weighted by atomic mass is 32.1. The van der Waals surface area contributed by atoms with E-state index in [0.29, 0.717) is 5.82 Å². The summed E-state index contributed by atoms with van der Waals surface area (Å²) in [5, 5.41) is 6.32. The molecule has 5 aromatic heterocycles. The van der Waals surface area contributed by atoms with Crippen molar-refractivity contribution < 1.29 is 0 Å². The molecule has 0 spiro atoms. The molecular formula is C17H10N6S. The van der Waals surface area contributed by atoms with Gasteiger partial charge in [-0.15, -0.1) is 11.3 Å². The largest absolute Gasteiger partial charge is 0.243 e. The summed E-state index contributed by atoms with van der Waals surface area (Å²) in [5.74, 6) is 0.628. The number of hydrogen-bond acceptors (Lipinski definition) is 6. The minimum absolute atomic E-state index is 0.628. The van der Waals surface area contributed by atoms with Gasteiger partial charge < -0.3 is 0 Å². The first-order chi connectivity index (χ1) is 11.9. The second kappa shape index (κ2) is 5.17. The predicted octanol–water partition coefficient (Wildman–Crippen LogP) is 3.46. The van der Waals surface area contributed by atoms with Crippen molar-refractivity contribution in [3.8, 4) is 22.6 Å². The number of aromatic nitrogens is 6. The molecule has 0 bridgehead atoms. The first-order valence-electron chi connectivity index (χ1n) is 7.34. The Bertz CT molecular complexity index is 1160. The number of thiophene rings is 1. The van der Waals surface area contributed by atoms with Crippen LogP contribution in [0.5, 0.6) is 0 Å². The van der Waals surface area contributed by atoms with Gasteiger partial charge in [-0.2, -0.15) is 5.10 Å². The minimum atomic E-state index is 0.628. The fourth-order valence-electron chi connectivity index (χ4n) is 2.65. The van der Waals surface area contributed by atoms with Crippen molar-refractivity contribution in [3.63, 3.8) is 0 Å². The topological polar surface area (TPSA) is 68.9 Å². The number of pyridine rings is 2. The fraction of sp³-hybridized carbons (Fsp3) is 0. The molecule has 0 saturated carbocycles. The molecule has 7 heteroatoms. The summed E-state index contributed by atoms with van der Waals surface area (Å²) in [6.45, 7) is 0. The van der Waals surface area contributed by atoms with Crippen LogP contribution in [0.2, 0.25) is 0 Å². The van der Waals surface area contributed by atoms with Gasteiger partial charge in [-0.3, -0.25) is 0 Å². The first-order valence-corrected chi connectivity index (χ1v) is 8.22. The van der Waals surface area contributed by atoms with Gasteiger partial charge in [0, 0.05) is 35.1 Å². The van der Waals surface area contributed by atoms with Crippen molar-refractivity contribution in [2.45, 2.75) is 0 Å². The van der Waals surface area contributed by atoms with Crippen molar-refractivity contribution in [1.29, 1.82) is 0 Å². The Labute approximate surface area is 140 Å². The van der Waals surface area contributed by atoms with Crippen molar-refractivity contribution in [3.05, 3.63) is 60.6 Å². The van der Waals surface area contributed by atoms with E-state index in [2.05, 4.69) is 31.5 Å². The molecule has 0 fully saturated rings. The SMILES string of the molecule is c1cnc(-c2ccc3scc(-c4ccc5ncnn5c4)c3n2)nc1. The standard InChI is InChI=1S/C17H10N6S/c1-6-18-17(19-7-1)13-3-4-14-16(22-13)12(9-24-14)11-2-5-15-20-10-21-23(15)8-11/h1-10H. The van der Waals surface area contributed by atoms with Gasteiger partial charge in [0.05, 0.1) is 10.2 Å². The maximum Gasteiger partial charge on any atom is 0.178 e. The smallest absolute Gasteiger partial charge is 0.178 e. The molecule has 0 radical (unpaired) electrons. The average molecular weight is 330 g/mol. The molecule has 0 aliphatic heterocycles.